The van der Waals surface area contributed by atoms with Gasteiger partial charge in [-0.1, -0.05) is 6.07 Å². The van der Waals surface area contributed by atoms with Crippen LogP contribution in [0.1, 0.15) is 31.0 Å². The van der Waals surface area contributed by atoms with Crippen LogP contribution in [0.5, 0.6) is 0 Å². The number of piperidine rings is 1. The van der Waals surface area contributed by atoms with Gasteiger partial charge in [0.2, 0.25) is 5.91 Å². The van der Waals surface area contributed by atoms with Crippen LogP contribution in [0.2, 0.25) is 0 Å². The lowest BCUT2D eigenvalue weighted by atomic mass is 9.83. The lowest BCUT2D eigenvalue weighted by Gasteiger charge is -2.43. The Morgan fingerprint density at radius 1 is 1.13 bits per heavy atom. The van der Waals surface area contributed by atoms with Gasteiger partial charge in [0.1, 0.15) is 6.04 Å². The first-order valence-corrected chi connectivity index (χ1v) is 8.24. The van der Waals surface area contributed by atoms with Gasteiger partial charge in [-0.2, -0.15) is 0 Å². The van der Waals surface area contributed by atoms with E-state index < -0.39 is 0 Å². The Bertz CT molecular complexity index is 778. The van der Waals surface area contributed by atoms with Crippen molar-refractivity contribution in [3.05, 3.63) is 58.8 Å². The molecule has 0 aromatic carbocycles. The average molecular weight is 311 g/mol. The second-order valence-corrected chi connectivity index (χ2v) is 6.75. The van der Waals surface area contributed by atoms with Crippen LogP contribution in [-0.4, -0.2) is 33.0 Å². The SMILES string of the molecule is C[C@H](C(=O)N1C[C@@H]2C[C@H](C1)c1cccc(=O)n1C2)n1cccc1. The maximum absolute atomic E-state index is 12.8. The maximum Gasteiger partial charge on any atom is 0.250 e. The molecule has 0 N–H and O–H groups in total. The van der Waals surface area contributed by atoms with Gasteiger partial charge in [-0.3, -0.25) is 9.59 Å². The molecular formula is C18H21N3O2. The summed E-state index contributed by atoms with van der Waals surface area (Å²) in [4.78, 5) is 26.9. The van der Waals surface area contributed by atoms with Gasteiger partial charge in [-0.25, -0.2) is 0 Å². The molecule has 3 atom stereocenters. The monoisotopic (exact) mass is 311 g/mol. The summed E-state index contributed by atoms with van der Waals surface area (Å²) in [6, 6.07) is 9.20. The number of hydrogen-bond acceptors (Lipinski definition) is 2. The summed E-state index contributed by atoms with van der Waals surface area (Å²) in [5, 5.41) is 0. The van der Waals surface area contributed by atoms with Gasteiger partial charge < -0.3 is 14.0 Å². The van der Waals surface area contributed by atoms with Gasteiger partial charge in [0.05, 0.1) is 0 Å². The predicted octanol–water partition coefficient (Wildman–Crippen LogP) is 1.86. The number of fused-ring (bicyclic) bond motifs is 4. The molecule has 5 heteroatoms. The van der Waals surface area contributed by atoms with E-state index in [0.717, 1.165) is 25.2 Å². The molecule has 4 rings (SSSR count). The Kier molecular flexibility index (Phi) is 3.36. The average Bonchev–Trinajstić information content (AvgIpc) is 3.09. The lowest BCUT2D eigenvalue weighted by molar-refractivity contribution is -0.137. The summed E-state index contributed by atoms with van der Waals surface area (Å²) in [7, 11) is 0. The van der Waals surface area contributed by atoms with Crippen LogP contribution in [0.25, 0.3) is 0 Å². The molecule has 5 nitrogen and oxygen atoms in total. The first kappa shape index (κ1) is 14.3. The van der Waals surface area contributed by atoms with Gasteiger partial charge in [0, 0.05) is 49.7 Å². The number of rotatable bonds is 2. The van der Waals surface area contributed by atoms with Crippen molar-refractivity contribution >= 4 is 5.91 Å². The van der Waals surface area contributed by atoms with Crippen LogP contribution in [0.3, 0.4) is 0 Å². The van der Waals surface area contributed by atoms with Crippen molar-refractivity contribution in [2.75, 3.05) is 13.1 Å². The highest BCUT2D eigenvalue weighted by molar-refractivity contribution is 5.80. The summed E-state index contributed by atoms with van der Waals surface area (Å²) < 4.78 is 3.85. The van der Waals surface area contributed by atoms with Crippen LogP contribution >= 0.6 is 0 Å². The van der Waals surface area contributed by atoms with Crippen molar-refractivity contribution in [1.82, 2.24) is 14.0 Å². The van der Waals surface area contributed by atoms with Crippen molar-refractivity contribution in [1.29, 1.82) is 0 Å². The Morgan fingerprint density at radius 3 is 2.70 bits per heavy atom. The molecule has 1 fully saturated rings. The molecule has 0 aliphatic carbocycles. The van der Waals surface area contributed by atoms with Crippen molar-refractivity contribution in [2.24, 2.45) is 5.92 Å². The molecule has 4 heterocycles. The van der Waals surface area contributed by atoms with E-state index in [9.17, 15) is 9.59 Å². The Morgan fingerprint density at radius 2 is 1.91 bits per heavy atom. The highest BCUT2D eigenvalue weighted by Gasteiger charge is 2.37. The topological polar surface area (TPSA) is 47.2 Å². The number of amides is 1. The third-order valence-corrected chi connectivity index (χ3v) is 5.22. The normalized spacial score (nSPS) is 24.1. The maximum atomic E-state index is 12.8. The van der Waals surface area contributed by atoms with Crippen molar-refractivity contribution in [3.63, 3.8) is 0 Å². The molecule has 23 heavy (non-hydrogen) atoms. The van der Waals surface area contributed by atoms with Crippen LogP contribution in [0.4, 0.5) is 0 Å². The highest BCUT2D eigenvalue weighted by atomic mass is 16.2. The van der Waals surface area contributed by atoms with Crippen molar-refractivity contribution < 1.29 is 4.79 Å². The van der Waals surface area contributed by atoms with E-state index in [1.807, 2.05) is 57.6 Å². The van der Waals surface area contributed by atoms with E-state index in [2.05, 4.69) is 0 Å². The Labute approximate surface area is 135 Å². The van der Waals surface area contributed by atoms with Gasteiger partial charge in [0.15, 0.2) is 0 Å². The lowest BCUT2D eigenvalue weighted by Crippen LogP contribution is -2.50. The van der Waals surface area contributed by atoms with E-state index in [4.69, 9.17) is 0 Å². The largest absolute Gasteiger partial charge is 0.342 e. The number of carbonyl (C=O) groups excluding carboxylic acids is 1. The number of carbonyl (C=O) groups is 1. The minimum Gasteiger partial charge on any atom is -0.342 e. The molecule has 2 aliphatic rings. The van der Waals surface area contributed by atoms with E-state index in [-0.39, 0.29) is 23.4 Å². The second kappa shape index (κ2) is 5.41. The minimum atomic E-state index is -0.179. The van der Waals surface area contributed by atoms with Crippen molar-refractivity contribution in [2.45, 2.75) is 31.8 Å². The highest BCUT2D eigenvalue weighted by Crippen LogP contribution is 2.35. The van der Waals surface area contributed by atoms with E-state index >= 15 is 0 Å². The third kappa shape index (κ3) is 2.40. The van der Waals surface area contributed by atoms with Gasteiger partial charge >= 0.3 is 0 Å². The third-order valence-electron chi connectivity index (χ3n) is 5.22. The first-order chi connectivity index (χ1) is 11.1. The van der Waals surface area contributed by atoms with E-state index in [1.165, 1.54) is 0 Å². The minimum absolute atomic E-state index is 0.0812. The number of hydrogen-bond donors (Lipinski definition) is 0. The first-order valence-electron chi connectivity index (χ1n) is 8.24. The molecule has 2 aliphatic heterocycles. The molecule has 2 aromatic rings. The van der Waals surface area contributed by atoms with Gasteiger partial charge in [-0.05, 0) is 37.5 Å². The fraction of sp³-hybridized carbons (Fsp3) is 0.444. The number of likely N-dealkylation sites (tertiary alicyclic amines) is 1. The quantitative estimate of drug-likeness (QED) is 0.850. The summed E-state index contributed by atoms with van der Waals surface area (Å²) in [6.45, 7) is 4.14. The second-order valence-electron chi connectivity index (χ2n) is 6.75. The van der Waals surface area contributed by atoms with Crippen molar-refractivity contribution in [3.8, 4) is 0 Å². The number of aromatic nitrogens is 2. The zero-order chi connectivity index (χ0) is 16.0. The van der Waals surface area contributed by atoms with Crippen LogP contribution in [0.15, 0.2) is 47.5 Å². The number of pyridine rings is 1. The molecule has 0 radical (unpaired) electrons. The zero-order valence-electron chi connectivity index (χ0n) is 13.3. The van der Waals surface area contributed by atoms with E-state index in [1.54, 1.807) is 6.07 Å². The number of nitrogens with zero attached hydrogens (tertiary/aromatic N) is 3. The summed E-state index contributed by atoms with van der Waals surface area (Å²) in [5.74, 6) is 0.821. The Balaban J connectivity index is 1.59. The smallest absolute Gasteiger partial charge is 0.250 e. The van der Waals surface area contributed by atoms with Gasteiger partial charge in [0.25, 0.3) is 5.56 Å². The molecule has 0 saturated carbocycles. The van der Waals surface area contributed by atoms with Crippen LogP contribution < -0.4 is 5.56 Å². The van der Waals surface area contributed by atoms with Crippen LogP contribution in [-0.2, 0) is 11.3 Å². The predicted molar refractivity (Wildman–Crippen MR) is 87.3 cm³/mol. The molecule has 1 amide bonds. The molecule has 2 bridgehead atoms. The standard InChI is InChI=1S/C18H21N3O2/c1-13(19-7-2-3-8-19)18(23)20-10-14-9-15(12-20)16-5-4-6-17(22)21(16)11-14/h2-8,13-15H,9-12H2,1H3/t13-,14+,15-/m1/s1. The van der Waals surface area contributed by atoms with Crippen LogP contribution in [0, 0.1) is 5.92 Å². The summed E-state index contributed by atoms with van der Waals surface area (Å²) in [6.07, 6.45) is 4.94. The summed E-state index contributed by atoms with van der Waals surface area (Å²) >= 11 is 0. The van der Waals surface area contributed by atoms with E-state index in [0.29, 0.717) is 12.5 Å². The molecular weight excluding hydrogens is 290 g/mol. The fourth-order valence-electron chi connectivity index (χ4n) is 4.07. The molecule has 0 spiro atoms. The molecule has 2 aromatic heterocycles. The van der Waals surface area contributed by atoms with Gasteiger partial charge in [-0.15, -0.1) is 0 Å². The Hall–Kier alpha value is -2.30. The molecule has 120 valence electrons. The fourth-order valence-corrected chi connectivity index (χ4v) is 4.07. The molecule has 1 saturated heterocycles. The zero-order valence-corrected chi connectivity index (χ0v) is 13.3. The molecule has 0 unspecified atom stereocenters. The summed E-state index contributed by atoms with van der Waals surface area (Å²) in [5.41, 5.74) is 1.16.